The first kappa shape index (κ1) is 11.9. The third-order valence-electron chi connectivity index (χ3n) is 3.80. The second-order valence-corrected chi connectivity index (χ2v) is 5.52. The molecule has 0 unspecified atom stereocenters. The quantitative estimate of drug-likeness (QED) is 0.896. The number of phenolic OH excluding ortho intramolecular Hbond substituents is 1. The van der Waals surface area contributed by atoms with Gasteiger partial charge in [0, 0.05) is 17.5 Å². The molecule has 0 saturated heterocycles. The molecule has 0 bridgehead atoms. The van der Waals surface area contributed by atoms with Crippen molar-refractivity contribution >= 4 is 15.9 Å². The first-order valence-electron chi connectivity index (χ1n) is 5.85. The van der Waals surface area contributed by atoms with Crippen molar-refractivity contribution in [3.8, 4) is 5.75 Å². The van der Waals surface area contributed by atoms with Gasteiger partial charge >= 0.3 is 0 Å². The summed E-state index contributed by atoms with van der Waals surface area (Å²) in [6, 6.07) is 4.10. The lowest BCUT2D eigenvalue weighted by molar-refractivity contribution is 0.244. The van der Waals surface area contributed by atoms with Crippen LogP contribution in [0.5, 0.6) is 5.75 Å². The number of benzene rings is 1. The van der Waals surface area contributed by atoms with Crippen LogP contribution in [0.3, 0.4) is 0 Å². The van der Waals surface area contributed by atoms with Crippen LogP contribution < -0.4 is 5.73 Å². The van der Waals surface area contributed by atoms with Crippen LogP contribution in [0.1, 0.15) is 37.3 Å². The lowest BCUT2D eigenvalue weighted by atomic mass is 9.64. The summed E-state index contributed by atoms with van der Waals surface area (Å²) in [6.45, 7) is 2.75. The lowest BCUT2D eigenvalue weighted by Gasteiger charge is -2.42. The number of nitrogens with two attached hydrogens (primary N) is 1. The molecule has 1 fully saturated rings. The molecule has 88 valence electrons. The molecular weight excluding hydrogens is 266 g/mol. The molecule has 0 radical (unpaired) electrons. The summed E-state index contributed by atoms with van der Waals surface area (Å²) in [5.41, 5.74) is 8.19. The minimum Gasteiger partial charge on any atom is -0.506 e. The fourth-order valence-corrected chi connectivity index (χ4v) is 2.96. The monoisotopic (exact) mass is 283 g/mol. The summed E-state index contributed by atoms with van der Waals surface area (Å²) in [5.74, 6) is 0.377. The number of hydrogen-bond donors (Lipinski definition) is 2. The predicted octanol–water partition coefficient (Wildman–Crippen LogP) is 3.10. The molecule has 1 aromatic carbocycles. The predicted molar refractivity (Wildman–Crippen MR) is 69.8 cm³/mol. The Labute approximate surface area is 105 Å². The molecule has 3 N–H and O–H groups in total. The summed E-state index contributed by atoms with van der Waals surface area (Å²) < 4.78 is 0.793. The van der Waals surface area contributed by atoms with Gasteiger partial charge in [-0.05, 0) is 46.8 Å². The molecule has 0 heterocycles. The maximum absolute atomic E-state index is 10.1. The summed E-state index contributed by atoms with van der Waals surface area (Å²) in [7, 11) is 0. The zero-order valence-electron chi connectivity index (χ0n) is 9.59. The third kappa shape index (κ3) is 1.76. The number of hydrogen-bond acceptors (Lipinski definition) is 2. The van der Waals surface area contributed by atoms with Crippen LogP contribution >= 0.6 is 15.9 Å². The van der Waals surface area contributed by atoms with Gasteiger partial charge in [-0.25, -0.2) is 0 Å². The van der Waals surface area contributed by atoms with E-state index in [9.17, 15) is 5.11 Å². The van der Waals surface area contributed by atoms with E-state index >= 15 is 0 Å². The zero-order valence-corrected chi connectivity index (χ0v) is 11.2. The van der Waals surface area contributed by atoms with E-state index in [4.69, 9.17) is 5.73 Å². The van der Waals surface area contributed by atoms with Crippen LogP contribution in [0, 0.1) is 0 Å². The second kappa shape index (κ2) is 4.38. The number of rotatable bonds is 3. The van der Waals surface area contributed by atoms with Gasteiger partial charge in [-0.3, -0.25) is 0 Å². The van der Waals surface area contributed by atoms with Crippen LogP contribution in [0.25, 0.3) is 0 Å². The summed E-state index contributed by atoms with van der Waals surface area (Å²) in [6.07, 6.45) is 4.38. The zero-order chi connectivity index (χ0) is 11.8. The summed E-state index contributed by atoms with van der Waals surface area (Å²) >= 11 is 3.42. The van der Waals surface area contributed by atoms with E-state index in [1.165, 1.54) is 12.0 Å². The molecule has 2 nitrogen and oxygen atoms in total. The van der Waals surface area contributed by atoms with Gasteiger partial charge in [0.1, 0.15) is 5.75 Å². The molecular formula is C13H18BrNO. The van der Waals surface area contributed by atoms with Gasteiger partial charge in [-0.15, -0.1) is 0 Å². The molecule has 16 heavy (non-hydrogen) atoms. The highest BCUT2D eigenvalue weighted by atomic mass is 79.9. The average Bonchev–Trinajstić information content (AvgIpc) is 2.23. The molecule has 3 heteroatoms. The lowest BCUT2D eigenvalue weighted by Crippen LogP contribution is -2.41. The minimum atomic E-state index is 0.0256. The van der Waals surface area contributed by atoms with Crippen molar-refractivity contribution in [2.45, 2.75) is 38.0 Å². The molecule has 1 aromatic rings. The van der Waals surface area contributed by atoms with Crippen LogP contribution in [0.2, 0.25) is 0 Å². The van der Waals surface area contributed by atoms with Gasteiger partial charge < -0.3 is 10.8 Å². The normalized spacial score (nSPS) is 18.2. The Balaban J connectivity index is 2.50. The van der Waals surface area contributed by atoms with Crippen molar-refractivity contribution < 1.29 is 5.11 Å². The molecule has 1 aliphatic rings. The Kier molecular flexibility index (Phi) is 3.27. The standard InChI is InChI=1S/C13H18BrNO/c1-2-9-6-10(12(16)11(14)7-9)13(8-15)4-3-5-13/h6-7,16H,2-5,8,15H2,1H3. The largest absolute Gasteiger partial charge is 0.506 e. The molecule has 0 amide bonds. The van der Waals surface area contributed by atoms with Crippen LogP contribution in [-0.4, -0.2) is 11.7 Å². The van der Waals surface area contributed by atoms with Gasteiger partial charge in [0.2, 0.25) is 0 Å². The Morgan fingerprint density at radius 1 is 1.44 bits per heavy atom. The minimum absolute atomic E-state index is 0.0256. The number of aryl methyl sites for hydroxylation is 1. The SMILES string of the molecule is CCc1cc(Br)c(O)c(C2(CN)CCC2)c1. The van der Waals surface area contributed by atoms with E-state index in [2.05, 4.69) is 28.9 Å². The molecule has 2 rings (SSSR count). The smallest absolute Gasteiger partial charge is 0.133 e. The highest BCUT2D eigenvalue weighted by Gasteiger charge is 2.39. The van der Waals surface area contributed by atoms with E-state index < -0.39 is 0 Å². The number of phenols is 1. The van der Waals surface area contributed by atoms with Gasteiger partial charge in [-0.1, -0.05) is 19.4 Å². The van der Waals surface area contributed by atoms with Crippen molar-refractivity contribution in [1.82, 2.24) is 0 Å². The number of aromatic hydroxyl groups is 1. The topological polar surface area (TPSA) is 46.2 Å². The van der Waals surface area contributed by atoms with E-state index in [-0.39, 0.29) is 5.41 Å². The van der Waals surface area contributed by atoms with Crippen LogP contribution in [-0.2, 0) is 11.8 Å². The molecule has 0 atom stereocenters. The van der Waals surface area contributed by atoms with Crippen LogP contribution in [0.4, 0.5) is 0 Å². The van der Waals surface area contributed by atoms with Crippen molar-refractivity contribution in [3.63, 3.8) is 0 Å². The van der Waals surface area contributed by atoms with E-state index in [1.807, 2.05) is 6.07 Å². The molecule has 1 saturated carbocycles. The Hall–Kier alpha value is -0.540. The van der Waals surface area contributed by atoms with E-state index in [0.717, 1.165) is 29.3 Å². The fourth-order valence-electron chi connectivity index (χ4n) is 2.45. The summed E-state index contributed by atoms with van der Waals surface area (Å²) in [5, 5.41) is 10.1. The second-order valence-electron chi connectivity index (χ2n) is 4.67. The van der Waals surface area contributed by atoms with Gasteiger partial charge in [-0.2, -0.15) is 0 Å². The molecule has 1 aliphatic carbocycles. The Bertz CT molecular complexity index is 394. The molecule has 0 aromatic heterocycles. The average molecular weight is 284 g/mol. The van der Waals surface area contributed by atoms with Crippen molar-refractivity contribution in [2.24, 2.45) is 5.73 Å². The third-order valence-corrected chi connectivity index (χ3v) is 4.41. The highest BCUT2D eigenvalue weighted by molar-refractivity contribution is 9.10. The van der Waals surface area contributed by atoms with Crippen LogP contribution in [0.15, 0.2) is 16.6 Å². The number of halogens is 1. The Morgan fingerprint density at radius 2 is 2.12 bits per heavy atom. The summed E-state index contributed by atoms with van der Waals surface area (Å²) in [4.78, 5) is 0. The maximum atomic E-state index is 10.1. The molecule has 0 aliphatic heterocycles. The van der Waals surface area contributed by atoms with Crippen molar-refractivity contribution in [1.29, 1.82) is 0 Å². The van der Waals surface area contributed by atoms with Gasteiger partial charge in [0.25, 0.3) is 0 Å². The van der Waals surface area contributed by atoms with Gasteiger partial charge in [0.05, 0.1) is 4.47 Å². The van der Waals surface area contributed by atoms with E-state index in [1.54, 1.807) is 0 Å². The van der Waals surface area contributed by atoms with Gasteiger partial charge in [0.15, 0.2) is 0 Å². The van der Waals surface area contributed by atoms with Crippen molar-refractivity contribution in [3.05, 3.63) is 27.7 Å². The first-order chi connectivity index (χ1) is 7.63. The molecule has 0 spiro atoms. The Morgan fingerprint density at radius 3 is 2.56 bits per heavy atom. The first-order valence-corrected chi connectivity index (χ1v) is 6.64. The maximum Gasteiger partial charge on any atom is 0.133 e. The van der Waals surface area contributed by atoms with Crippen molar-refractivity contribution in [2.75, 3.05) is 6.54 Å². The highest BCUT2D eigenvalue weighted by Crippen LogP contribution is 2.48. The van der Waals surface area contributed by atoms with E-state index in [0.29, 0.717) is 12.3 Å². The fraction of sp³-hybridized carbons (Fsp3) is 0.538.